The van der Waals surface area contributed by atoms with Crippen molar-refractivity contribution in [3.8, 4) is 45.5 Å². The summed E-state index contributed by atoms with van der Waals surface area (Å²) in [6, 6.07) is 65.6. The van der Waals surface area contributed by atoms with E-state index in [9.17, 15) is 0 Å². The van der Waals surface area contributed by atoms with Gasteiger partial charge in [-0.15, -0.1) is 0 Å². The number of aromatic nitrogens is 6. The highest BCUT2D eigenvalue weighted by molar-refractivity contribution is 6.14. The molecule has 284 valence electrons. The van der Waals surface area contributed by atoms with Gasteiger partial charge in [-0.25, -0.2) is 15.0 Å². The molecule has 0 spiro atoms. The quantitative estimate of drug-likeness (QED) is 0.174. The summed E-state index contributed by atoms with van der Waals surface area (Å²) < 4.78 is 11.2. The maximum atomic E-state index is 6.46. The van der Waals surface area contributed by atoms with Crippen LogP contribution >= 0.6 is 0 Å². The van der Waals surface area contributed by atoms with Crippen LogP contribution < -0.4 is 0 Å². The van der Waals surface area contributed by atoms with Crippen LogP contribution in [0.4, 0.5) is 0 Å². The Hall–Kier alpha value is -8.42. The number of pyridine rings is 1. The van der Waals surface area contributed by atoms with Crippen molar-refractivity contribution in [3.05, 3.63) is 194 Å². The van der Waals surface area contributed by atoms with Gasteiger partial charge >= 0.3 is 0 Å². The molecular formula is C54H32N6O. The van der Waals surface area contributed by atoms with Gasteiger partial charge in [-0.3, -0.25) is 4.98 Å². The van der Waals surface area contributed by atoms with Crippen LogP contribution in [0.5, 0.6) is 0 Å². The highest BCUT2D eigenvalue weighted by Crippen LogP contribution is 2.39. The standard InChI is InChI=1S/C54H32N6O/c1-2-14-33(15-3-1)52-56-53(34-26-27-50-43(30-34)44-32-55-45-21-9-4-20-42(45)51(44)61-50)58-54(57-52)35-28-36(59-46-22-10-5-16-38(46)39-17-6-11-23-47(39)59)31-37(29-35)60-48-24-12-7-18-40(48)41-19-8-13-25-49(41)60/h1-32H. The van der Waals surface area contributed by atoms with Crippen molar-refractivity contribution in [3.63, 3.8) is 0 Å². The zero-order valence-electron chi connectivity index (χ0n) is 32.6. The van der Waals surface area contributed by atoms with Gasteiger partial charge in [-0.1, -0.05) is 115 Å². The third-order valence-electron chi connectivity index (χ3n) is 12.0. The average molecular weight is 781 g/mol. The molecule has 0 radical (unpaired) electrons. The molecule has 0 aliphatic heterocycles. The van der Waals surface area contributed by atoms with Gasteiger partial charge < -0.3 is 13.6 Å². The Bertz CT molecular complexity index is 3660. The average Bonchev–Trinajstić information content (AvgIpc) is 3.99. The topological polar surface area (TPSA) is 74.6 Å². The van der Waals surface area contributed by atoms with Crippen LogP contribution in [0.15, 0.2) is 199 Å². The molecule has 0 atom stereocenters. The van der Waals surface area contributed by atoms with Gasteiger partial charge in [0.2, 0.25) is 0 Å². The van der Waals surface area contributed by atoms with Crippen molar-refractivity contribution >= 4 is 76.5 Å². The number of benzene rings is 8. The molecule has 0 amide bonds. The largest absolute Gasteiger partial charge is 0.455 e. The van der Waals surface area contributed by atoms with E-state index in [0.29, 0.717) is 17.5 Å². The van der Waals surface area contributed by atoms with Crippen molar-refractivity contribution in [2.45, 2.75) is 0 Å². The van der Waals surface area contributed by atoms with Crippen LogP contribution in [0.3, 0.4) is 0 Å². The van der Waals surface area contributed by atoms with E-state index in [4.69, 9.17) is 24.4 Å². The van der Waals surface area contributed by atoms with Crippen molar-refractivity contribution < 1.29 is 4.42 Å². The molecular weight excluding hydrogens is 749 g/mol. The van der Waals surface area contributed by atoms with Crippen LogP contribution in [0.25, 0.3) is 122 Å². The lowest BCUT2D eigenvalue weighted by atomic mass is 10.1. The lowest BCUT2D eigenvalue weighted by Crippen LogP contribution is -2.03. The molecule has 0 bridgehead atoms. The van der Waals surface area contributed by atoms with Crippen LogP contribution in [0.1, 0.15) is 0 Å². The van der Waals surface area contributed by atoms with Gasteiger partial charge in [0.05, 0.1) is 27.6 Å². The molecule has 13 rings (SSSR count). The summed E-state index contributed by atoms with van der Waals surface area (Å²) in [7, 11) is 0. The summed E-state index contributed by atoms with van der Waals surface area (Å²) >= 11 is 0. The third kappa shape index (κ3) is 5.17. The van der Waals surface area contributed by atoms with Gasteiger partial charge in [-0.2, -0.15) is 0 Å². The van der Waals surface area contributed by atoms with Gasteiger partial charge in [0.15, 0.2) is 17.5 Å². The van der Waals surface area contributed by atoms with E-state index in [-0.39, 0.29) is 0 Å². The molecule has 0 aliphatic carbocycles. The minimum atomic E-state index is 0.564. The van der Waals surface area contributed by atoms with E-state index in [2.05, 4.69) is 137 Å². The number of hydrogen-bond donors (Lipinski definition) is 0. The number of furan rings is 1. The maximum absolute atomic E-state index is 6.46. The van der Waals surface area contributed by atoms with Crippen LogP contribution in [-0.2, 0) is 0 Å². The highest BCUT2D eigenvalue weighted by Gasteiger charge is 2.20. The van der Waals surface area contributed by atoms with Crippen LogP contribution in [0, 0.1) is 0 Å². The van der Waals surface area contributed by atoms with Crippen molar-refractivity contribution in [1.82, 2.24) is 29.1 Å². The number of para-hydroxylation sites is 5. The second kappa shape index (κ2) is 13.0. The number of hydrogen-bond acceptors (Lipinski definition) is 5. The van der Waals surface area contributed by atoms with E-state index < -0.39 is 0 Å². The molecule has 61 heavy (non-hydrogen) atoms. The SMILES string of the molecule is c1ccc(-c2nc(-c3cc(-n4c5ccccc5c5ccccc54)cc(-n4c5ccccc5c5ccccc54)c3)nc(-c3ccc4oc5c6ccccc6ncc5c4c3)n2)cc1. The summed E-state index contributed by atoms with van der Waals surface area (Å²) in [6.07, 6.45) is 1.90. The molecule has 8 aromatic carbocycles. The summed E-state index contributed by atoms with van der Waals surface area (Å²) in [5.41, 5.74) is 11.6. The Kier molecular flexibility index (Phi) is 7.17. The molecule has 0 unspecified atom stereocenters. The van der Waals surface area contributed by atoms with E-state index >= 15 is 0 Å². The van der Waals surface area contributed by atoms with E-state index in [1.54, 1.807) is 0 Å². The Labute approximate surface area is 348 Å². The smallest absolute Gasteiger partial charge is 0.164 e. The fourth-order valence-corrected chi connectivity index (χ4v) is 9.23. The number of nitrogens with zero attached hydrogens (tertiary/aromatic N) is 6. The van der Waals surface area contributed by atoms with E-state index in [1.807, 2.05) is 66.9 Å². The normalized spacial score (nSPS) is 11.9. The minimum absolute atomic E-state index is 0.564. The van der Waals surface area contributed by atoms with Gasteiger partial charge in [0, 0.05) is 72.0 Å². The van der Waals surface area contributed by atoms with Gasteiger partial charge in [0.25, 0.3) is 0 Å². The predicted molar refractivity (Wildman–Crippen MR) is 247 cm³/mol. The molecule has 0 aliphatic rings. The Morgan fingerprint density at radius 1 is 0.344 bits per heavy atom. The second-order valence-electron chi connectivity index (χ2n) is 15.5. The molecule has 5 aromatic heterocycles. The second-order valence-corrected chi connectivity index (χ2v) is 15.5. The Morgan fingerprint density at radius 3 is 1.39 bits per heavy atom. The predicted octanol–water partition coefficient (Wildman–Crippen LogP) is 13.5. The van der Waals surface area contributed by atoms with E-state index in [1.165, 1.54) is 21.5 Å². The van der Waals surface area contributed by atoms with Crippen molar-refractivity contribution in [1.29, 1.82) is 0 Å². The Balaban J connectivity index is 1.09. The summed E-state index contributed by atoms with van der Waals surface area (Å²) in [6.45, 7) is 0. The lowest BCUT2D eigenvalue weighted by Gasteiger charge is -2.16. The first-order valence-corrected chi connectivity index (χ1v) is 20.4. The zero-order valence-corrected chi connectivity index (χ0v) is 32.6. The summed E-state index contributed by atoms with van der Waals surface area (Å²) in [4.78, 5) is 20.5. The molecule has 7 heteroatoms. The molecule has 0 saturated carbocycles. The molecule has 7 nitrogen and oxygen atoms in total. The fourth-order valence-electron chi connectivity index (χ4n) is 9.23. The first-order valence-electron chi connectivity index (χ1n) is 20.4. The minimum Gasteiger partial charge on any atom is -0.455 e. The highest BCUT2D eigenvalue weighted by atomic mass is 16.3. The molecule has 0 N–H and O–H groups in total. The first-order chi connectivity index (χ1) is 30.2. The zero-order chi connectivity index (χ0) is 40.0. The monoisotopic (exact) mass is 780 g/mol. The van der Waals surface area contributed by atoms with Crippen LogP contribution in [-0.4, -0.2) is 29.1 Å². The number of rotatable bonds is 5. The lowest BCUT2D eigenvalue weighted by molar-refractivity contribution is 0.672. The summed E-state index contributed by atoms with van der Waals surface area (Å²) in [5.74, 6) is 1.72. The first kappa shape index (κ1) is 33.5. The molecule has 13 aromatic rings. The Morgan fingerprint density at radius 2 is 0.820 bits per heavy atom. The maximum Gasteiger partial charge on any atom is 0.164 e. The molecule has 5 heterocycles. The fraction of sp³-hybridized carbons (Fsp3) is 0. The van der Waals surface area contributed by atoms with Crippen molar-refractivity contribution in [2.75, 3.05) is 0 Å². The van der Waals surface area contributed by atoms with Gasteiger partial charge in [0.1, 0.15) is 11.2 Å². The number of fused-ring (bicyclic) bond motifs is 11. The van der Waals surface area contributed by atoms with Crippen molar-refractivity contribution in [2.24, 2.45) is 0 Å². The van der Waals surface area contributed by atoms with E-state index in [0.717, 1.165) is 83.0 Å². The van der Waals surface area contributed by atoms with Crippen LogP contribution in [0.2, 0.25) is 0 Å². The molecule has 0 saturated heterocycles. The third-order valence-corrected chi connectivity index (χ3v) is 12.0. The summed E-state index contributed by atoms with van der Waals surface area (Å²) in [5, 5.41) is 7.66. The van der Waals surface area contributed by atoms with Gasteiger partial charge in [-0.05, 0) is 72.8 Å². The molecule has 0 fully saturated rings.